The zero-order chi connectivity index (χ0) is 15.8. The molecule has 1 atom stereocenters. The van der Waals surface area contributed by atoms with E-state index in [9.17, 15) is 4.79 Å². The molecule has 1 amide bonds. The summed E-state index contributed by atoms with van der Waals surface area (Å²) in [6, 6.07) is 0.275. The summed E-state index contributed by atoms with van der Waals surface area (Å²) in [6.07, 6.45) is 0. The van der Waals surface area contributed by atoms with Crippen molar-refractivity contribution in [1.82, 2.24) is 9.80 Å². The molecule has 0 bridgehead atoms. The van der Waals surface area contributed by atoms with Gasteiger partial charge in [-0.25, -0.2) is 0 Å². The van der Waals surface area contributed by atoms with Crippen molar-refractivity contribution < 1.29 is 9.53 Å². The van der Waals surface area contributed by atoms with Crippen LogP contribution < -0.4 is 0 Å². The van der Waals surface area contributed by atoms with E-state index < -0.39 is 0 Å². The first kappa shape index (κ1) is 18.8. The Morgan fingerprint density at radius 2 is 1.86 bits per heavy atom. The van der Waals surface area contributed by atoms with Crippen molar-refractivity contribution in [2.24, 2.45) is 11.8 Å². The molecule has 0 aromatic rings. The van der Waals surface area contributed by atoms with Crippen LogP contribution in [0.2, 0.25) is 0 Å². The maximum atomic E-state index is 12.5. The lowest BCUT2D eigenvalue weighted by Gasteiger charge is -2.29. The zero-order valence-corrected chi connectivity index (χ0v) is 15.1. The minimum Gasteiger partial charge on any atom is -0.379 e. The first-order chi connectivity index (χ1) is 9.93. The topological polar surface area (TPSA) is 32.8 Å². The summed E-state index contributed by atoms with van der Waals surface area (Å²) < 4.78 is 5.36. The Balaban J connectivity index is 2.32. The predicted molar refractivity (Wildman–Crippen MR) is 90.8 cm³/mol. The predicted octanol–water partition coefficient (Wildman–Crippen LogP) is 2.19. The molecule has 21 heavy (non-hydrogen) atoms. The van der Waals surface area contributed by atoms with Crippen LogP contribution in [0.5, 0.6) is 0 Å². The van der Waals surface area contributed by atoms with Crippen molar-refractivity contribution in [2.45, 2.75) is 33.7 Å². The molecular weight excluding hydrogens is 284 g/mol. The van der Waals surface area contributed by atoms with Crippen LogP contribution in [-0.2, 0) is 9.53 Å². The maximum Gasteiger partial charge on any atom is 0.226 e. The van der Waals surface area contributed by atoms with Gasteiger partial charge < -0.3 is 9.64 Å². The second-order valence-corrected chi connectivity index (χ2v) is 7.57. The van der Waals surface area contributed by atoms with Gasteiger partial charge in [0.1, 0.15) is 0 Å². The summed E-state index contributed by atoms with van der Waals surface area (Å²) in [5.41, 5.74) is 0. The lowest BCUT2D eigenvalue weighted by Crippen LogP contribution is -2.41. The van der Waals surface area contributed by atoms with Crippen molar-refractivity contribution in [3.63, 3.8) is 0 Å². The van der Waals surface area contributed by atoms with Crippen LogP contribution in [0, 0.1) is 11.8 Å². The van der Waals surface area contributed by atoms with Gasteiger partial charge in [-0.3, -0.25) is 9.69 Å². The van der Waals surface area contributed by atoms with Gasteiger partial charge in [0.05, 0.1) is 13.2 Å². The average Bonchev–Trinajstić information content (AvgIpc) is 2.46. The first-order valence-electron chi connectivity index (χ1n) is 8.08. The normalized spacial score (nSPS) is 18.2. The van der Waals surface area contributed by atoms with Gasteiger partial charge in [-0.1, -0.05) is 13.8 Å². The number of nitrogens with zero attached hydrogens (tertiary/aromatic N) is 2. The molecule has 0 unspecified atom stereocenters. The van der Waals surface area contributed by atoms with Crippen molar-refractivity contribution in [3.05, 3.63) is 0 Å². The van der Waals surface area contributed by atoms with E-state index in [1.54, 1.807) is 0 Å². The molecule has 1 aliphatic rings. The molecule has 124 valence electrons. The van der Waals surface area contributed by atoms with Gasteiger partial charge in [-0.05, 0) is 19.8 Å². The van der Waals surface area contributed by atoms with E-state index in [1.165, 1.54) is 0 Å². The zero-order valence-electron chi connectivity index (χ0n) is 14.3. The third kappa shape index (κ3) is 6.57. The summed E-state index contributed by atoms with van der Waals surface area (Å²) in [6.45, 7) is 13.4. The highest BCUT2D eigenvalue weighted by molar-refractivity contribution is 7.99. The number of ether oxygens (including phenoxy) is 1. The quantitative estimate of drug-likeness (QED) is 0.643. The Morgan fingerprint density at radius 3 is 2.38 bits per heavy atom. The highest BCUT2D eigenvalue weighted by atomic mass is 32.2. The number of rotatable bonds is 8. The van der Waals surface area contributed by atoms with Crippen molar-refractivity contribution in [2.75, 3.05) is 51.4 Å². The van der Waals surface area contributed by atoms with Gasteiger partial charge >= 0.3 is 0 Å². The third-order valence-electron chi connectivity index (χ3n) is 4.20. The van der Waals surface area contributed by atoms with Gasteiger partial charge in [0, 0.05) is 50.1 Å². The third-order valence-corrected chi connectivity index (χ3v) is 5.26. The Kier molecular flexibility index (Phi) is 8.67. The fourth-order valence-corrected chi connectivity index (χ4v) is 3.63. The summed E-state index contributed by atoms with van der Waals surface area (Å²) >= 11 is 1.91. The molecule has 0 spiro atoms. The van der Waals surface area contributed by atoms with Gasteiger partial charge in [0.2, 0.25) is 5.91 Å². The first-order valence-corrected chi connectivity index (χ1v) is 9.23. The molecule has 0 N–H and O–H groups in total. The molecule has 0 aliphatic carbocycles. The lowest BCUT2D eigenvalue weighted by molar-refractivity contribution is -0.136. The Bertz CT molecular complexity index is 305. The Hall–Kier alpha value is -0.260. The number of carbonyl (C=O) groups excluding carboxylic acids is 1. The molecule has 0 aromatic carbocycles. The smallest absolute Gasteiger partial charge is 0.226 e. The monoisotopic (exact) mass is 316 g/mol. The fraction of sp³-hybridized carbons (Fsp3) is 0.938. The number of morpholine rings is 1. The van der Waals surface area contributed by atoms with Gasteiger partial charge in [0.15, 0.2) is 0 Å². The second-order valence-electron chi connectivity index (χ2n) is 6.42. The van der Waals surface area contributed by atoms with Crippen LogP contribution in [0.15, 0.2) is 0 Å². The number of hydrogen-bond donors (Lipinski definition) is 0. The largest absolute Gasteiger partial charge is 0.379 e. The highest BCUT2D eigenvalue weighted by Crippen LogP contribution is 2.20. The Morgan fingerprint density at radius 1 is 1.24 bits per heavy atom. The van der Waals surface area contributed by atoms with Crippen molar-refractivity contribution in [3.8, 4) is 0 Å². The second kappa shape index (κ2) is 9.70. The van der Waals surface area contributed by atoms with Crippen LogP contribution in [0.3, 0.4) is 0 Å². The Labute approximate surface area is 134 Å². The van der Waals surface area contributed by atoms with E-state index in [-0.39, 0.29) is 12.0 Å². The molecule has 5 heteroatoms. The van der Waals surface area contributed by atoms with E-state index in [4.69, 9.17) is 4.74 Å². The number of amides is 1. The van der Waals surface area contributed by atoms with E-state index >= 15 is 0 Å². The lowest BCUT2D eigenvalue weighted by atomic mass is 9.96. The maximum absolute atomic E-state index is 12.5. The standard InChI is InChI=1S/C16H32N2O2S/c1-13(2)15(16(19)17(5)14(3)4)12-21-11-8-18-6-9-20-10-7-18/h13-15H,6-12H2,1-5H3/t15-/m0/s1. The molecule has 1 saturated heterocycles. The summed E-state index contributed by atoms with van der Waals surface area (Å²) in [5, 5.41) is 0. The molecule has 0 aromatic heterocycles. The van der Waals surface area contributed by atoms with Gasteiger partial charge in [-0.2, -0.15) is 11.8 Å². The van der Waals surface area contributed by atoms with Crippen LogP contribution >= 0.6 is 11.8 Å². The minimum absolute atomic E-state index is 0.132. The van der Waals surface area contributed by atoms with E-state index in [2.05, 4.69) is 32.6 Å². The van der Waals surface area contributed by atoms with Crippen LogP contribution in [0.1, 0.15) is 27.7 Å². The molecule has 1 aliphatic heterocycles. The van der Waals surface area contributed by atoms with E-state index in [1.807, 2.05) is 23.7 Å². The molecule has 1 heterocycles. The number of carbonyl (C=O) groups is 1. The summed E-state index contributed by atoms with van der Waals surface area (Å²) in [5.74, 6) is 2.85. The highest BCUT2D eigenvalue weighted by Gasteiger charge is 2.26. The van der Waals surface area contributed by atoms with E-state index in [0.717, 1.165) is 44.4 Å². The van der Waals surface area contributed by atoms with Gasteiger partial charge in [-0.15, -0.1) is 0 Å². The van der Waals surface area contributed by atoms with Crippen LogP contribution in [0.25, 0.3) is 0 Å². The summed E-state index contributed by atoms with van der Waals surface area (Å²) in [4.78, 5) is 16.8. The van der Waals surface area contributed by atoms with Crippen molar-refractivity contribution >= 4 is 17.7 Å². The molecule has 1 fully saturated rings. The SMILES string of the molecule is CC(C)[C@H](CSCCN1CCOCC1)C(=O)N(C)C(C)C. The molecule has 1 rings (SSSR count). The van der Waals surface area contributed by atoms with E-state index in [0.29, 0.717) is 11.8 Å². The average molecular weight is 317 g/mol. The molecule has 4 nitrogen and oxygen atoms in total. The molecular formula is C16H32N2O2S. The summed E-state index contributed by atoms with van der Waals surface area (Å²) in [7, 11) is 1.92. The van der Waals surface area contributed by atoms with Gasteiger partial charge in [0.25, 0.3) is 0 Å². The number of thioether (sulfide) groups is 1. The van der Waals surface area contributed by atoms with Crippen LogP contribution in [0.4, 0.5) is 0 Å². The fourth-order valence-electron chi connectivity index (χ4n) is 2.29. The van der Waals surface area contributed by atoms with Crippen LogP contribution in [-0.4, -0.2) is 73.2 Å². The van der Waals surface area contributed by atoms with Crippen molar-refractivity contribution in [1.29, 1.82) is 0 Å². The molecule has 0 saturated carbocycles. The molecule has 0 radical (unpaired) electrons. The minimum atomic E-state index is 0.132. The number of hydrogen-bond acceptors (Lipinski definition) is 4.